The van der Waals surface area contributed by atoms with Gasteiger partial charge in [-0.25, -0.2) is 8.42 Å². The van der Waals surface area contributed by atoms with E-state index in [1.165, 1.54) is 16.4 Å². The van der Waals surface area contributed by atoms with Gasteiger partial charge in [0.1, 0.15) is 0 Å². The Labute approximate surface area is 118 Å². The smallest absolute Gasteiger partial charge is 0.243 e. The molecular weight excluding hydrogens is 282 g/mol. The molecule has 0 bridgehead atoms. The van der Waals surface area contributed by atoms with Crippen molar-refractivity contribution in [1.82, 2.24) is 4.31 Å². The van der Waals surface area contributed by atoms with Gasteiger partial charge in [0.25, 0.3) is 0 Å². The molecule has 0 aliphatic carbocycles. The maximum Gasteiger partial charge on any atom is 0.243 e. The minimum Gasteiger partial charge on any atom is -0.394 e. The van der Waals surface area contributed by atoms with Crippen LogP contribution in [0.15, 0.2) is 29.2 Å². The maximum absolute atomic E-state index is 12.5. The number of nitrogens with zero attached hydrogens (tertiary/aromatic N) is 1. The van der Waals surface area contributed by atoms with E-state index in [-0.39, 0.29) is 31.2 Å². The van der Waals surface area contributed by atoms with Crippen LogP contribution in [0.2, 0.25) is 0 Å². The monoisotopic (exact) mass is 301 g/mol. The Bertz CT molecular complexity index is 540. The fourth-order valence-corrected chi connectivity index (χ4v) is 3.54. The predicted molar refractivity (Wildman–Crippen MR) is 72.7 cm³/mol. The lowest BCUT2D eigenvalue weighted by Crippen LogP contribution is -2.46. The molecule has 1 aromatic rings. The Hall–Kier alpha value is -0.990. The third-order valence-electron chi connectivity index (χ3n) is 3.31. The van der Waals surface area contributed by atoms with Gasteiger partial charge in [-0.3, -0.25) is 0 Å². The van der Waals surface area contributed by atoms with Crippen LogP contribution < -0.4 is 0 Å². The number of aliphatic hydroxyl groups is 2. The van der Waals surface area contributed by atoms with Crippen molar-refractivity contribution in [2.75, 3.05) is 26.3 Å². The van der Waals surface area contributed by atoms with Crippen molar-refractivity contribution in [3.05, 3.63) is 29.8 Å². The van der Waals surface area contributed by atoms with Crippen molar-refractivity contribution < 1.29 is 23.4 Å². The minimum atomic E-state index is -3.59. The SMILES string of the molecule is CC(O)c1ccc(S(=O)(=O)N2CCOC(CO)C2)cc1. The van der Waals surface area contributed by atoms with Crippen LogP contribution in [0.3, 0.4) is 0 Å². The van der Waals surface area contributed by atoms with Gasteiger partial charge in [-0.05, 0) is 24.6 Å². The molecule has 112 valence electrons. The molecule has 2 atom stereocenters. The molecule has 1 fully saturated rings. The van der Waals surface area contributed by atoms with E-state index < -0.39 is 22.2 Å². The van der Waals surface area contributed by atoms with Gasteiger partial charge in [0, 0.05) is 13.1 Å². The second-order valence-corrected chi connectivity index (χ2v) is 6.72. The number of ether oxygens (including phenoxy) is 1. The van der Waals surface area contributed by atoms with Gasteiger partial charge < -0.3 is 14.9 Å². The van der Waals surface area contributed by atoms with Crippen LogP contribution in [0.25, 0.3) is 0 Å². The standard InChI is InChI=1S/C13H19NO5S/c1-10(16)11-2-4-13(5-3-11)20(17,18)14-6-7-19-12(8-14)9-15/h2-5,10,12,15-16H,6-9H2,1H3. The van der Waals surface area contributed by atoms with Crippen molar-refractivity contribution in [2.24, 2.45) is 0 Å². The first kappa shape index (κ1) is 15.4. The Morgan fingerprint density at radius 2 is 2.05 bits per heavy atom. The molecule has 2 rings (SSSR count). The van der Waals surface area contributed by atoms with Crippen LogP contribution in [-0.4, -0.2) is 55.3 Å². The largest absolute Gasteiger partial charge is 0.394 e. The van der Waals surface area contributed by atoms with Crippen LogP contribution in [0.1, 0.15) is 18.6 Å². The highest BCUT2D eigenvalue weighted by Crippen LogP contribution is 2.21. The van der Waals surface area contributed by atoms with E-state index in [0.717, 1.165) is 0 Å². The van der Waals surface area contributed by atoms with E-state index in [0.29, 0.717) is 5.56 Å². The Balaban J connectivity index is 2.21. The molecule has 0 radical (unpaired) electrons. The topological polar surface area (TPSA) is 87.1 Å². The first-order valence-electron chi connectivity index (χ1n) is 6.46. The van der Waals surface area contributed by atoms with E-state index in [1.54, 1.807) is 19.1 Å². The average Bonchev–Trinajstić information content (AvgIpc) is 2.47. The Morgan fingerprint density at radius 3 is 2.60 bits per heavy atom. The zero-order chi connectivity index (χ0) is 14.8. The van der Waals surface area contributed by atoms with Gasteiger partial charge in [-0.2, -0.15) is 4.31 Å². The molecule has 2 N–H and O–H groups in total. The summed E-state index contributed by atoms with van der Waals surface area (Å²) in [7, 11) is -3.59. The molecule has 2 unspecified atom stereocenters. The molecule has 1 aromatic carbocycles. The average molecular weight is 301 g/mol. The van der Waals surface area contributed by atoms with Gasteiger partial charge in [0.2, 0.25) is 10.0 Å². The number of hydrogen-bond acceptors (Lipinski definition) is 5. The molecule has 6 nitrogen and oxygen atoms in total. The molecular formula is C13H19NO5S. The fourth-order valence-electron chi connectivity index (χ4n) is 2.09. The third-order valence-corrected chi connectivity index (χ3v) is 5.18. The summed E-state index contributed by atoms with van der Waals surface area (Å²) in [6, 6.07) is 6.17. The van der Waals surface area contributed by atoms with Crippen molar-refractivity contribution >= 4 is 10.0 Å². The normalized spacial score (nSPS) is 22.6. The molecule has 0 saturated carbocycles. The summed E-state index contributed by atoms with van der Waals surface area (Å²) in [5.41, 5.74) is 0.666. The van der Waals surface area contributed by atoms with Crippen LogP contribution in [0.5, 0.6) is 0 Å². The summed E-state index contributed by atoms with van der Waals surface area (Å²) in [6.07, 6.45) is -1.11. The molecule has 1 aliphatic rings. The molecule has 20 heavy (non-hydrogen) atoms. The van der Waals surface area contributed by atoms with Crippen molar-refractivity contribution in [3.8, 4) is 0 Å². The molecule has 1 heterocycles. The number of aliphatic hydroxyl groups excluding tert-OH is 2. The molecule has 7 heteroatoms. The van der Waals surface area contributed by atoms with Gasteiger partial charge in [0.15, 0.2) is 0 Å². The van der Waals surface area contributed by atoms with Crippen LogP contribution in [-0.2, 0) is 14.8 Å². The number of hydrogen-bond donors (Lipinski definition) is 2. The zero-order valence-electron chi connectivity index (χ0n) is 11.3. The number of benzene rings is 1. The van der Waals surface area contributed by atoms with Gasteiger partial charge in [-0.1, -0.05) is 12.1 Å². The summed E-state index contributed by atoms with van der Waals surface area (Å²) in [5.74, 6) is 0. The second kappa shape index (κ2) is 6.19. The van der Waals surface area contributed by atoms with Gasteiger partial charge >= 0.3 is 0 Å². The Morgan fingerprint density at radius 1 is 1.40 bits per heavy atom. The molecule has 0 spiro atoms. The van der Waals surface area contributed by atoms with E-state index in [2.05, 4.69) is 0 Å². The summed E-state index contributed by atoms with van der Waals surface area (Å²) >= 11 is 0. The second-order valence-electron chi connectivity index (χ2n) is 4.78. The van der Waals surface area contributed by atoms with Gasteiger partial charge in [-0.15, -0.1) is 0 Å². The van der Waals surface area contributed by atoms with Crippen LogP contribution in [0, 0.1) is 0 Å². The highest BCUT2D eigenvalue weighted by atomic mass is 32.2. The summed E-state index contributed by atoms with van der Waals surface area (Å²) in [4.78, 5) is 0.181. The van der Waals surface area contributed by atoms with E-state index >= 15 is 0 Å². The van der Waals surface area contributed by atoms with E-state index in [4.69, 9.17) is 9.84 Å². The lowest BCUT2D eigenvalue weighted by molar-refractivity contribution is -0.0304. The summed E-state index contributed by atoms with van der Waals surface area (Å²) < 4.78 is 31.5. The Kier molecular flexibility index (Phi) is 4.77. The molecule has 1 aliphatic heterocycles. The number of morpholine rings is 1. The first-order chi connectivity index (χ1) is 9.45. The predicted octanol–water partition coefficient (Wildman–Crippen LogP) is 0.122. The third kappa shape index (κ3) is 3.18. The van der Waals surface area contributed by atoms with Crippen molar-refractivity contribution in [1.29, 1.82) is 0 Å². The summed E-state index contributed by atoms with van der Waals surface area (Å²) in [6.45, 7) is 2.12. The maximum atomic E-state index is 12.5. The lowest BCUT2D eigenvalue weighted by Gasteiger charge is -2.31. The highest BCUT2D eigenvalue weighted by Gasteiger charge is 2.30. The molecule has 0 aromatic heterocycles. The first-order valence-corrected chi connectivity index (χ1v) is 7.90. The zero-order valence-corrected chi connectivity index (χ0v) is 12.1. The van der Waals surface area contributed by atoms with E-state index in [1.807, 2.05) is 0 Å². The van der Waals surface area contributed by atoms with Crippen LogP contribution >= 0.6 is 0 Å². The van der Waals surface area contributed by atoms with Crippen molar-refractivity contribution in [2.45, 2.75) is 24.0 Å². The summed E-state index contributed by atoms with van der Waals surface area (Å²) in [5, 5.41) is 18.5. The number of rotatable bonds is 4. The molecule has 0 amide bonds. The van der Waals surface area contributed by atoms with Crippen LogP contribution in [0.4, 0.5) is 0 Å². The fraction of sp³-hybridized carbons (Fsp3) is 0.538. The lowest BCUT2D eigenvalue weighted by atomic mass is 10.1. The quantitative estimate of drug-likeness (QED) is 0.825. The van der Waals surface area contributed by atoms with Gasteiger partial charge in [0.05, 0.1) is 30.3 Å². The highest BCUT2D eigenvalue weighted by molar-refractivity contribution is 7.89. The molecule has 1 saturated heterocycles. The number of sulfonamides is 1. The van der Waals surface area contributed by atoms with E-state index in [9.17, 15) is 13.5 Å². The van der Waals surface area contributed by atoms with Crippen molar-refractivity contribution in [3.63, 3.8) is 0 Å². The minimum absolute atomic E-state index is 0.150.